The fraction of sp³-hybridized carbons (Fsp3) is 0.462. The number of hydrogen-bond donors (Lipinski definition) is 0. The number of halogens is 1. The topological polar surface area (TPSA) is 47.8 Å². The Kier molecular flexibility index (Phi) is 2.63. The van der Waals surface area contributed by atoms with E-state index in [1.165, 1.54) is 6.42 Å². The first-order chi connectivity index (χ1) is 8.63. The van der Waals surface area contributed by atoms with E-state index >= 15 is 0 Å². The second-order valence-corrected chi connectivity index (χ2v) is 5.22. The Morgan fingerprint density at radius 1 is 1.39 bits per heavy atom. The molecule has 4 nitrogen and oxygen atoms in total. The first kappa shape index (κ1) is 11.7. The van der Waals surface area contributed by atoms with Crippen LogP contribution in [0.3, 0.4) is 0 Å². The lowest BCUT2D eigenvalue weighted by atomic mass is 9.81. The average molecular weight is 264 g/mol. The Labute approximate surface area is 110 Å². The number of aromatic nitrogens is 3. The summed E-state index contributed by atoms with van der Waals surface area (Å²) in [5.74, 6) is 1.19. The number of fused-ring (bicyclic) bond motifs is 1. The monoisotopic (exact) mass is 263 g/mol. The highest BCUT2D eigenvalue weighted by Crippen LogP contribution is 2.40. The van der Waals surface area contributed by atoms with Crippen LogP contribution in [0.5, 0.6) is 0 Å². The highest BCUT2D eigenvalue weighted by molar-refractivity contribution is 6.34. The third-order valence-electron chi connectivity index (χ3n) is 3.74. The van der Waals surface area contributed by atoms with Crippen molar-refractivity contribution in [1.29, 1.82) is 0 Å². The number of carbonyl (C=O) groups is 1. The number of aryl methyl sites for hydroxylation is 2. The second kappa shape index (κ2) is 4.05. The SMILES string of the molecule is Cc1nc(C2CCC2)c2c(C=O)c(Cl)n(C)c2n1. The molecule has 1 saturated carbocycles. The Morgan fingerprint density at radius 2 is 2.11 bits per heavy atom. The van der Waals surface area contributed by atoms with Gasteiger partial charge in [0.25, 0.3) is 0 Å². The summed E-state index contributed by atoms with van der Waals surface area (Å²) in [6.07, 6.45) is 4.31. The van der Waals surface area contributed by atoms with E-state index in [0.717, 1.165) is 41.7 Å². The van der Waals surface area contributed by atoms with Gasteiger partial charge in [-0.15, -0.1) is 0 Å². The van der Waals surface area contributed by atoms with Gasteiger partial charge in [0.2, 0.25) is 0 Å². The molecule has 0 saturated heterocycles. The molecule has 2 aromatic rings. The first-order valence-corrected chi connectivity index (χ1v) is 6.49. The Balaban J connectivity index is 2.39. The minimum absolute atomic E-state index is 0.445. The number of rotatable bonds is 2. The molecule has 2 aromatic heterocycles. The van der Waals surface area contributed by atoms with Crippen molar-refractivity contribution in [2.45, 2.75) is 32.1 Å². The molecule has 3 rings (SSSR count). The fourth-order valence-corrected chi connectivity index (χ4v) is 2.76. The van der Waals surface area contributed by atoms with Crippen LogP contribution in [0.15, 0.2) is 0 Å². The van der Waals surface area contributed by atoms with Crippen molar-refractivity contribution in [3.05, 3.63) is 22.2 Å². The van der Waals surface area contributed by atoms with Gasteiger partial charge in [-0.3, -0.25) is 4.79 Å². The lowest BCUT2D eigenvalue weighted by molar-refractivity contribution is 0.112. The summed E-state index contributed by atoms with van der Waals surface area (Å²) in [5, 5.41) is 1.29. The normalized spacial score (nSPS) is 15.9. The number of nitrogens with zero attached hydrogens (tertiary/aromatic N) is 3. The maximum Gasteiger partial charge on any atom is 0.153 e. The van der Waals surface area contributed by atoms with Crippen LogP contribution in [-0.2, 0) is 7.05 Å². The van der Waals surface area contributed by atoms with Crippen LogP contribution in [0.25, 0.3) is 11.0 Å². The summed E-state index contributed by atoms with van der Waals surface area (Å²) < 4.78 is 1.76. The van der Waals surface area contributed by atoms with E-state index < -0.39 is 0 Å². The van der Waals surface area contributed by atoms with E-state index in [0.29, 0.717) is 16.6 Å². The van der Waals surface area contributed by atoms with E-state index in [-0.39, 0.29) is 0 Å². The molecule has 0 radical (unpaired) electrons. The zero-order valence-corrected chi connectivity index (χ0v) is 11.2. The van der Waals surface area contributed by atoms with Crippen LogP contribution in [0.1, 0.15) is 47.1 Å². The third-order valence-corrected chi connectivity index (χ3v) is 4.20. The maximum atomic E-state index is 11.3. The largest absolute Gasteiger partial charge is 0.319 e. The third kappa shape index (κ3) is 1.48. The van der Waals surface area contributed by atoms with Crippen LogP contribution >= 0.6 is 11.6 Å². The molecule has 1 aliphatic carbocycles. The lowest BCUT2D eigenvalue weighted by Gasteiger charge is -2.25. The van der Waals surface area contributed by atoms with E-state index in [9.17, 15) is 4.79 Å². The highest BCUT2D eigenvalue weighted by atomic mass is 35.5. The minimum Gasteiger partial charge on any atom is -0.319 e. The molecule has 0 aromatic carbocycles. The van der Waals surface area contributed by atoms with E-state index in [1.807, 2.05) is 14.0 Å². The van der Waals surface area contributed by atoms with Crippen molar-refractivity contribution in [1.82, 2.24) is 14.5 Å². The molecule has 1 fully saturated rings. The fourth-order valence-electron chi connectivity index (χ4n) is 2.54. The van der Waals surface area contributed by atoms with E-state index in [1.54, 1.807) is 4.57 Å². The summed E-state index contributed by atoms with van der Waals surface area (Å²) in [5.41, 5.74) is 2.28. The smallest absolute Gasteiger partial charge is 0.153 e. The molecule has 0 atom stereocenters. The van der Waals surface area contributed by atoms with Crippen LogP contribution in [-0.4, -0.2) is 20.8 Å². The summed E-state index contributed by atoms with van der Waals surface area (Å²) in [4.78, 5) is 20.2. The van der Waals surface area contributed by atoms with Gasteiger partial charge in [-0.2, -0.15) is 0 Å². The predicted octanol–water partition coefficient (Wildman–Crippen LogP) is 3.01. The molecule has 5 heteroatoms. The molecular formula is C13H14ClN3O. The molecule has 0 amide bonds. The predicted molar refractivity (Wildman–Crippen MR) is 70.2 cm³/mol. The standard InChI is InChI=1S/C13H14ClN3O/c1-7-15-11(8-4-3-5-8)10-9(6-18)12(14)17(2)13(10)16-7/h6,8H,3-5H2,1-2H3. The van der Waals surface area contributed by atoms with Crippen molar-refractivity contribution in [3.63, 3.8) is 0 Å². The van der Waals surface area contributed by atoms with Crippen LogP contribution in [0.4, 0.5) is 0 Å². The van der Waals surface area contributed by atoms with Crippen LogP contribution < -0.4 is 0 Å². The van der Waals surface area contributed by atoms with Gasteiger partial charge >= 0.3 is 0 Å². The Morgan fingerprint density at radius 3 is 2.67 bits per heavy atom. The van der Waals surface area contributed by atoms with Crippen molar-refractivity contribution in [3.8, 4) is 0 Å². The Hall–Kier alpha value is -1.42. The number of aldehydes is 1. The Bertz CT molecular complexity index is 643. The van der Waals surface area contributed by atoms with Crippen LogP contribution in [0.2, 0.25) is 5.15 Å². The molecular weight excluding hydrogens is 250 g/mol. The maximum absolute atomic E-state index is 11.3. The lowest BCUT2D eigenvalue weighted by Crippen LogP contribution is -2.13. The quantitative estimate of drug-likeness (QED) is 0.783. The molecule has 18 heavy (non-hydrogen) atoms. The molecule has 0 N–H and O–H groups in total. The van der Waals surface area contributed by atoms with Gasteiger partial charge in [-0.1, -0.05) is 18.0 Å². The summed E-state index contributed by atoms with van der Waals surface area (Å²) >= 11 is 6.19. The average Bonchev–Trinajstić information content (AvgIpc) is 2.50. The van der Waals surface area contributed by atoms with Gasteiger partial charge in [0.05, 0.1) is 16.6 Å². The van der Waals surface area contributed by atoms with E-state index in [2.05, 4.69) is 9.97 Å². The zero-order valence-electron chi connectivity index (χ0n) is 10.4. The van der Waals surface area contributed by atoms with E-state index in [4.69, 9.17) is 11.6 Å². The minimum atomic E-state index is 0.445. The van der Waals surface area contributed by atoms with Crippen molar-refractivity contribution in [2.24, 2.45) is 7.05 Å². The van der Waals surface area contributed by atoms with Crippen molar-refractivity contribution >= 4 is 28.9 Å². The van der Waals surface area contributed by atoms with Gasteiger partial charge in [0.15, 0.2) is 6.29 Å². The molecule has 94 valence electrons. The molecule has 0 aliphatic heterocycles. The first-order valence-electron chi connectivity index (χ1n) is 6.11. The molecule has 0 bridgehead atoms. The molecule has 1 aliphatic rings. The van der Waals surface area contributed by atoms with Crippen LogP contribution in [0, 0.1) is 6.92 Å². The molecule has 0 unspecified atom stereocenters. The summed E-state index contributed by atoms with van der Waals surface area (Å²) in [6.45, 7) is 1.88. The molecule has 2 heterocycles. The summed E-state index contributed by atoms with van der Waals surface area (Å²) in [7, 11) is 1.83. The van der Waals surface area contributed by atoms with Gasteiger partial charge in [-0.05, 0) is 19.8 Å². The van der Waals surface area contributed by atoms with Crippen molar-refractivity contribution in [2.75, 3.05) is 0 Å². The second-order valence-electron chi connectivity index (χ2n) is 4.86. The number of carbonyl (C=O) groups excluding carboxylic acids is 1. The van der Waals surface area contributed by atoms with Gasteiger partial charge in [0.1, 0.15) is 16.6 Å². The molecule has 0 spiro atoms. The van der Waals surface area contributed by atoms with Gasteiger partial charge in [-0.25, -0.2) is 9.97 Å². The van der Waals surface area contributed by atoms with Gasteiger partial charge in [0, 0.05) is 13.0 Å². The zero-order chi connectivity index (χ0) is 12.9. The van der Waals surface area contributed by atoms with Crippen molar-refractivity contribution < 1.29 is 4.79 Å². The summed E-state index contributed by atoms with van der Waals surface area (Å²) in [6, 6.07) is 0. The van der Waals surface area contributed by atoms with Gasteiger partial charge < -0.3 is 4.57 Å². The number of hydrogen-bond acceptors (Lipinski definition) is 3. The highest BCUT2D eigenvalue weighted by Gasteiger charge is 2.27.